The summed E-state index contributed by atoms with van der Waals surface area (Å²) in [5.41, 5.74) is 3.56. The van der Waals surface area contributed by atoms with Crippen LogP contribution < -0.4 is 5.32 Å². The van der Waals surface area contributed by atoms with E-state index in [4.69, 9.17) is 0 Å². The first kappa shape index (κ1) is 24.3. The Labute approximate surface area is 196 Å². The Hall–Kier alpha value is -2.38. The second-order valence-electron chi connectivity index (χ2n) is 8.96. The molecule has 0 aliphatic heterocycles. The van der Waals surface area contributed by atoms with Crippen molar-refractivity contribution >= 4 is 0 Å². The summed E-state index contributed by atoms with van der Waals surface area (Å²) in [6.07, 6.45) is 13.6. The van der Waals surface area contributed by atoms with Gasteiger partial charge in [-0.05, 0) is 29.7 Å². The lowest BCUT2D eigenvalue weighted by atomic mass is 9.77. The summed E-state index contributed by atoms with van der Waals surface area (Å²) in [6.45, 7) is 3.30. The van der Waals surface area contributed by atoms with Gasteiger partial charge in [0.1, 0.15) is 0 Å². The number of benzene rings is 3. The lowest BCUT2D eigenvalue weighted by Gasteiger charge is -2.37. The van der Waals surface area contributed by atoms with Crippen molar-refractivity contribution in [3.8, 4) is 0 Å². The van der Waals surface area contributed by atoms with Crippen molar-refractivity contribution in [1.82, 2.24) is 5.32 Å². The predicted molar refractivity (Wildman–Crippen MR) is 139 cm³/mol. The van der Waals surface area contributed by atoms with Gasteiger partial charge in [0.2, 0.25) is 0 Å². The first-order valence-electron chi connectivity index (χ1n) is 12.8. The van der Waals surface area contributed by atoms with Crippen LogP contribution in [-0.4, -0.2) is 6.54 Å². The molecule has 3 aromatic carbocycles. The van der Waals surface area contributed by atoms with Crippen molar-refractivity contribution in [2.75, 3.05) is 6.54 Å². The molecule has 0 aliphatic rings. The summed E-state index contributed by atoms with van der Waals surface area (Å²) < 4.78 is 0. The van der Waals surface area contributed by atoms with E-state index < -0.39 is 0 Å². The third kappa shape index (κ3) is 6.81. The lowest BCUT2D eigenvalue weighted by molar-refractivity contribution is 0.453. The van der Waals surface area contributed by atoms with Crippen molar-refractivity contribution in [1.29, 1.82) is 0 Å². The Balaban J connectivity index is 1.64. The molecule has 1 N–H and O–H groups in total. The molecule has 0 saturated carbocycles. The van der Waals surface area contributed by atoms with Crippen LogP contribution in [0.4, 0.5) is 0 Å². The average molecular weight is 428 g/mol. The quantitative estimate of drug-likeness (QED) is 0.189. The van der Waals surface area contributed by atoms with Gasteiger partial charge in [0, 0.05) is 0 Å². The van der Waals surface area contributed by atoms with Crippen LogP contribution in [0.15, 0.2) is 91.0 Å². The molecule has 3 rings (SSSR count). The van der Waals surface area contributed by atoms with Crippen LogP contribution in [0.2, 0.25) is 0 Å². The van der Waals surface area contributed by atoms with Crippen LogP contribution in [0.1, 0.15) is 87.8 Å². The summed E-state index contributed by atoms with van der Waals surface area (Å²) in [5.74, 6) is 0. The molecule has 0 unspecified atom stereocenters. The molecule has 32 heavy (non-hydrogen) atoms. The first-order chi connectivity index (χ1) is 15.9. The molecule has 0 amide bonds. The zero-order valence-corrected chi connectivity index (χ0v) is 19.9. The summed E-state index contributed by atoms with van der Waals surface area (Å²) in [4.78, 5) is 0. The first-order valence-corrected chi connectivity index (χ1v) is 12.8. The van der Waals surface area contributed by atoms with Crippen molar-refractivity contribution in [2.45, 2.75) is 76.7 Å². The standard InChI is InChI=1S/C31H41N/c1-2-3-4-5-6-7-8-9-10-20-27-32-31(28-21-14-11-15-22-28,29-23-16-12-17-24-29)30-25-18-13-19-26-30/h11-19,21-26,32H,2-10,20,27H2,1H3. The topological polar surface area (TPSA) is 12.0 Å². The Morgan fingerprint density at radius 2 is 0.812 bits per heavy atom. The SMILES string of the molecule is CCCCCCCCCCCCNC(c1ccccc1)(c1ccccc1)c1ccccc1. The van der Waals surface area contributed by atoms with E-state index in [9.17, 15) is 0 Å². The molecule has 170 valence electrons. The third-order valence-corrected chi connectivity index (χ3v) is 6.54. The van der Waals surface area contributed by atoms with Crippen molar-refractivity contribution < 1.29 is 0 Å². The largest absolute Gasteiger partial charge is 0.300 e. The maximum atomic E-state index is 4.01. The van der Waals surface area contributed by atoms with Gasteiger partial charge in [-0.1, -0.05) is 156 Å². The van der Waals surface area contributed by atoms with Crippen molar-refractivity contribution in [2.24, 2.45) is 0 Å². The van der Waals surface area contributed by atoms with Crippen LogP contribution in [0.3, 0.4) is 0 Å². The Morgan fingerprint density at radius 3 is 1.19 bits per heavy atom. The number of unbranched alkanes of at least 4 members (excludes halogenated alkanes) is 9. The Bertz CT molecular complexity index is 745. The Kier molecular flexibility index (Phi) is 10.5. The van der Waals surface area contributed by atoms with Gasteiger partial charge in [0.25, 0.3) is 0 Å². The molecule has 0 atom stereocenters. The van der Waals surface area contributed by atoms with Gasteiger partial charge >= 0.3 is 0 Å². The van der Waals surface area contributed by atoms with Crippen LogP contribution >= 0.6 is 0 Å². The molecular weight excluding hydrogens is 386 g/mol. The molecule has 0 aromatic heterocycles. The van der Waals surface area contributed by atoms with E-state index in [1.807, 2.05) is 0 Å². The van der Waals surface area contributed by atoms with Gasteiger partial charge in [0.05, 0.1) is 5.54 Å². The third-order valence-electron chi connectivity index (χ3n) is 6.54. The summed E-state index contributed by atoms with van der Waals surface area (Å²) in [7, 11) is 0. The number of rotatable bonds is 15. The van der Waals surface area contributed by atoms with E-state index in [0.29, 0.717) is 0 Å². The highest BCUT2D eigenvalue weighted by atomic mass is 15.0. The van der Waals surface area contributed by atoms with Gasteiger partial charge < -0.3 is 0 Å². The Morgan fingerprint density at radius 1 is 0.469 bits per heavy atom. The molecule has 1 nitrogen and oxygen atoms in total. The zero-order chi connectivity index (χ0) is 22.3. The van der Waals surface area contributed by atoms with E-state index in [1.165, 1.54) is 80.9 Å². The number of nitrogens with one attached hydrogen (secondary N) is 1. The smallest absolute Gasteiger partial charge is 0.0947 e. The highest BCUT2D eigenvalue weighted by Gasteiger charge is 2.35. The number of hydrogen-bond acceptors (Lipinski definition) is 1. The maximum Gasteiger partial charge on any atom is 0.0947 e. The fraction of sp³-hybridized carbons (Fsp3) is 0.419. The van der Waals surface area contributed by atoms with Crippen LogP contribution in [-0.2, 0) is 5.54 Å². The lowest BCUT2D eigenvalue weighted by Crippen LogP contribution is -2.45. The zero-order valence-electron chi connectivity index (χ0n) is 19.9. The average Bonchev–Trinajstić information content (AvgIpc) is 2.87. The van der Waals surface area contributed by atoms with E-state index in [1.54, 1.807) is 0 Å². The molecular formula is C31H41N. The minimum atomic E-state index is -0.330. The van der Waals surface area contributed by atoms with E-state index in [0.717, 1.165) is 6.54 Å². The van der Waals surface area contributed by atoms with Gasteiger partial charge in [-0.15, -0.1) is 0 Å². The van der Waals surface area contributed by atoms with Crippen LogP contribution in [0.5, 0.6) is 0 Å². The van der Waals surface area contributed by atoms with E-state index >= 15 is 0 Å². The second kappa shape index (κ2) is 13.9. The predicted octanol–water partition coefficient (Wildman–Crippen LogP) is 8.49. The normalized spacial score (nSPS) is 11.5. The van der Waals surface area contributed by atoms with Gasteiger partial charge in [-0.25, -0.2) is 0 Å². The minimum Gasteiger partial charge on any atom is -0.300 e. The molecule has 3 aromatic rings. The van der Waals surface area contributed by atoms with Crippen molar-refractivity contribution in [3.05, 3.63) is 108 Å². The van der Waals surface area contributed by atoms with Crippen LogP contribution in [0.25, 0.3) is 0 Å². The van der Waals surface area contributed by atoms with Crippen molar-refractivity contribution in [3.63, 3.8) is 0 Å². The highest BCUT2D eigenvalue weighted by Crippen LogP contribution is 2.36. The molecule has 0 fully saturated rings. The van der Waals surface area contributed by atoms with E-state index in [-0.39, 0.29) is 5.54 Å². The fourth-order valence-electron chi connectivity index (χ4n) is 4.76. The molecule has 0 aliphatic carbocycles. The summed E-state index contributed by atoms with van der Waals surface area (Å²) in [5, 5.41) is 4.01. The second-order valence-corrected chi connectivity index (χ2v) is 8.96. The van der Waals surface area contributed by atoms with Crippen LogP contribution in [0, 0.1) is 0 Å². The fourth-order valence-corrected chi connectivity index (χ4v) is 4.76. The molecule has 0 saturated heterocycles. The summed E-state index contributed by atoms with van der Waals surface area (Å²) >= 11 is 0. The minimum absolute atomic E-state index is 0.330. The monoisotopic (exact) mass is 427 g/mol. The maximum absolute atomic E-state index is 4.01. The van der Waals surface area contributed by atoms with Gasteiger partial charge in [-0.2, -0.15) is 0 Å². The molecule has 0 radical (unpaired) electrons. The molecule has 1 heteroatoms. The molecule has 0 spiro atoms. The summed E-state index contributed by atoms with van der Waals surface area (Å²) in [6, 6.07) is 32.7. The van der Waals surface area contributed by atoms with Gasteiger partial charge in [0.15, 0.2) is 0 Å². The van der Waals surface area contributed by atoms with E-state index in [2.05, 4.69) is 103 Å². The number of hydrogen-bond donors (Lipinski definition) is 1. The highest BCUT2D eigenvalue weighted by molar-refractivity contribution is 5.49. The van der Waals surface area contributed by atoms with Gasteiger partial charge in [-0.3, -0.25) is 5.32 Å². The molecule has 0 bridgehead atoms. The molecule has 0 heterocycles.